The third kappa shape index (κ3) is 3.29. The first kappa shape index (κ1) is 11.5. The molecule has 0 radical (unpaired) electrons. The quantitative estimate of drug-likeness (QED) is 0.674. The Labute approximate surface area is 87.1 Å². The fraction of sp³-hybridized carbons (Fsp3) is 0.909. The molecule has 1 amide bonds. The van der Waals surface area contributed by atoms with Gasteiger partial charge in [-0.15, -0.1) is 0 Å². The first-order chi connectivity index (χ1) is 6.49. The lowest BCUT2D eigenvalue weighted by molar-refractivity contribution is -0.126. The van der Waals surface area contributed by atoms with Crippen LogP contribution in [0.3, 0.4) is 0 Å². The van der Waals surface area contributed by atoms with Gasteiger partial charge in [0.1, 0.15) is 0 Å². The number of carbonyl (C=O) groups excluding carboxylic acids is 1. The highest BCUT2D eigenvalue weighted by atomic mass is 16.2. The predicted octanol–water partition coefficient (Wildman–Crippen LogP) is 1.05. The highest BCUT2D eigenvalue weighted by Gasteiger charge is 2.27. The molecule has 0 aromatic carbocycles. The second-order valence-corrected chi connectivity index (χ2v) is 4.96. The van der Waals surface area contributed by atoms with E-state index in [1.165, 1.54) is 0 Å². The molecule has 3 heteroatoms. The maximum Gasteiger partial charge on any atom is 0.222 e. The zero-order valence-corrected chi connectivity index (χ0v) is 9.79. The van der Waals surface area contributed by atoms with Gasteiger partial charge in [-0.25, -0.2) is 0 Å². The third-order valence-corrected chi connectivity index (χ3v) is 2.67. The number of rotatable bonds is 4. The molecule has 1 aliphatic rings. The molecule has 0 N–H and O–H groups in total. The number of nitrogens with zero attached hydrogens (tertiary/aromatic N) is 2. The molecule has 0 unspecified atom stereocenters. The first-order valence-corrected chi connectivity index (χ1v) is 5.41. The molecule has 1 rings (SSSR count). The lowest BCUT2D eigenvalue weighted by atomic mass is 10.1. The largest absolute Gasteiger partial charge is 0.345 e. The summed E-state index contributed by atoms with van der Waals surface area (Å²) in [5.41, 5.74) is 0. The van der Waals surface area contributed by atoms with E-state index in [1.54, 1.807) is 0 Å². The van der Waals surface area contributed by atoms with Crippen molar-refractivity contribution in [3.63, 3.8) is 0 Å². The van der Waals surface area contributed by atoms with Gasteiger partial charge in [0.25, 0.3) is 0 Å². The summed E-state index contributed by atoms with van der Waals surface area (Å²) >= 11 is 0. The van der Waals surface area contributed by atoms with E-state index < -0.39 is 0 Å². The van der Waals surface area contributed by atoms with Gasteiger partial charge in [0.15, 0.2) is 0 Å². The van der Waals surface area contributed by atoms with Gasteiger partial charge in [0.05, 0.1) is 0 Å². The number of amides is 1. The molecule has 1 heterocycles. The van der Waals surface area contributed by atoms with Crippen LogP contribution in [0.1, 0.15) is 20.3 Å². The van der Waals surface area contributed by atoms with Crippen molar-refractivity contribution in [2.24, 2.45) is 11.8 Å². The van der Waals surface area contributed by atoms with Crippen LogP contribution in [0.2, 0.25) is 0 Å². The van der Waals surface area contributed by atoms with E-state index in [1.807, 2.05) is 11.9 Å². The van der Waals surface area contributed by atoms with Crippen molar-refractivity contribution in [2.45, 2.75) is 20.3 Å². The Balaban J connectivity index is 2.28. The van der Waals surface area contributed by atoms with E-state index in [-0.39, 0.29) is 0 Å². The second kappa shape index (κ2) is 4.78. The fourth-order valence-corrected chi connectivity index (χ4v) is 2.22. The lowest BCUT2D eigenvalue weighted by Crippen LogP contribution is -2.30. The molecule has 1 saturated heterocycles. The van der Waals surface area contributed by atoms with Gasteiger partial charge in [-0.2, -0.15) is 0 Å². The molecule has 1 aliphatic heterocycles. The molecule has 0 aromatic heterocycles. The van der Waals surface area contributed by atoms with Gasteiger partial charge in [-0.3, -0.25) is 4.79 Å². The average Bonchev–Trinajstić information content (AvgIpc) is 2.28. The highest BCUT2D eigenvalue weighted by Crippen LogP contribution is 2.16. The monoisotopic (exact) mass is 198 g/mol. The zero-order chi connectivity index (χ0) is 10.7. The Morgan fingerprint density at radius 1 is 1.57 bits per heavy atom. The SMILES string of the molecule is CC(C)CN(C)C[C@@H]1CC(=O)N(C)C1. The van der Waals surface area contributed by atoms with Crippen LogP contribution in [0.15, 0.2) is 0 Å². The van der Waals surface area contributed by atoms with Crippen LogP contribution in [0, 0.1) is 11.8 Å². The minimum absolute atomic E-state index is 0.299. The van der Waals surface area contributed by atoms with Crippen molar-refractivity contribution in [3.05, 3.63) is 0 Å². The zero-order valence-electron chi connectivity index (χ0n) is 9.79. The fourth-order valence-electron chi connectivity index (χ4n) is 2.22. The van der Waals surface area contributed by atoms with Crippen molar-refractivity contribution in [1.29, 1.82) is 0 Å². The van der Waals surface area contributed by atoms with Gasteiger partial charge in [0.2, 0.25) is 5.91 Å². The van der Waals surface area contributed by atoms with Crippen LogP contribution in [-0.4, -0.2) is 49.4 Å². The molecule has 1 fully saturated rings. The van der Waals surface area contributed by atoms with Gasteiger partial charge in [0, 0.05) is 33.1 Å². The van der Waals surface area contributed by atoms with Crippen molar-refractivity contribution in [1.82, 2.24) is 9.80 Å². The van der Waals surface area contributed by atoms with E-state index in [0.29, 0.717) is 17.7 Å². The Morgan fingerprint density at radius 3 is 2.64 bits per heavy atom. The predicted molar refractivity (Wildman–Crippen MR) is 58.1 cm³/mol. The molecular formula is C11H22N2O. The molecular weight excluding hydrogens is 176 g/mol. The van der Waals surface area contributed by atoms with Crippen molar-refractivity contribution >= 4 is 5.91 Å². The Morgan fingerprint density at radius 2 is 2.21 bits per heavy atom. The summed E-state index contributed by atoms with van der Waals surface area (Å²) in [5.74, 6) is 1.54. The number of hydrogen-bond donors (Lipinski definition) is 0. The van der Waals surface area contributed by atoms with E-state index in [0.717, 1.165) is 26.1 Å². The van der Waals surface area contributed by atoms with Crippen LogP contribution in [0.5, 0.6) is 0 Å². The molecule has 1 atom stereocenters. The van der Waals surface area contributed by atoms with Crippen molar-refractivity contribution < 1.29 is 4.79 Å². The summed E-state index contributed by atoms with van der Waals surface area (Å²) in [6.45, 7) is 7.55. The topological polar surface area (TPSA) is 23.6 Å². The molecule has 0 aliphatic carbocycles. The average molecular weight is 198 g/mol. The number of likely N-dealkylation sites (tertiary alicyclic amines) is 1. The Bertz CT molecular complexity index is 203. The standard InChI is InChI=1S/C11H22N2O/c1-9(2)6-12(3)7-10-5-11(14)13(4)8-10/h9-10H,5-8H2,1-4H3/t10-/m0/s1. The molecule has 0 bridgehead atoms. The van der Waals surface area contributed by atoms with Crippen LogP contribution >= 0.6 is 0 Å². The lowest BCUT2D eigenvalue weighted by Gasteiger charge is -2.22. The van der Waals surface area contributed by atoms with Crippen molar-refractivity contribution in [2.75, 3.05) is 33.7 Å². The van der Waals surface area contributed by atoms with Crippen LogP contribution < -0.4 is 0 Å². The van der Waals surface area contributed by atoms with E-state index in [2.05, 4.69) is 25.8 Å². The molecule has 0 saturated carbocycles. The summed E-state index contributed by atoms with van der Waals surface area (Å²) < 4.78 is 0. The maximum absolute atomic E-state index is 11.3. The van der Waals surface area contributed by atoms with Gasteiger partial charge in [-0.1, -0.05) is 13.8 Å². The first-order valence-electron chi connectivity index (χ1n) is 5.41. The Hall–Kier alpha value is -0.570. The summed E-state index contributed by atoms with van der Waals surface area (Å²) in [6.07, 6.45) is 0.735. The Kier molecular flexibility index (Phi) is 3.93. The van der Waals surface area contributed by atoms with Crippen LogP contribution in [-0.2, 0) is 4.79 Å². The minimum atomic E-state index is 0.299. The number of carbonyl (C=O) groups is 1. The minimum Gasteiger partial charge on any atom is -0.345 e. The van der Waals surface area contributed by atoms with Crippen LogP contribution in [0.4, 0.5) is 0 Å². The summed E-state index contributed by atoms with van der Waals surface area (Å²) in [7, 11) is 4.04. The maximum atomic E-state index is 11.3. The third-order valence-electron chi connectivity index (χ3n) is 2.67. The van der Waals surface area contributed by atoms with E-state index in [9.17, 15) is 4.79 Å². The second-order valence-electron chi connectivity index (χ2n) is 4.96. The van der Waals surface area contributed by atoms with Crippen molar-refractivity contribution in [3.8, 4) is 0 Å². The van der Waals surface area contributed by atoms with E-state index in [4.69, 9.17) is 0 Å². The molecule has 3 nitrogen and oxygen atoms in total. The van der Waals surface area contributed by atoms with Crippen LogP contribution in [0.25, 0.3) is 0 Å². The summed E-state index contributed by atoms with van der Waals surface area (Å²) in [6, 6.07) is 0. The molecule has 82 valence electrons. The van der Waals surface area contributed by atoms with Gasteiger partial charge >= 0.3 is 0 Å². The highest BCUT2D eigenvalue weighted by molar-refractivity contribution is 5.78. The number of hydrogen-bond acceptors (Lipinski definition) is 2. The molecule has 0 aromatic rings. The summed E-state index contributed by atoms with van der Waals surface area (Å²) in [5, 5.41) is 0. The van der Waals surface area contributed by atoms with Gasteiger partial charge in [-0.05, 0) is 18.9 Å². The molecule has 0 spiro atoms. The smallest absolute Gasteiger partial charge is 0.222 e. The summed E-state index contributed by atoms with van der Waals surface area (Å²) in [4.78, 5) is 15.5. The molecule has 14 heavy (non-hydrogen) atoms. The van der Waals surface area contributed by atoms with Gasteiger partial charge < -0.3 is 9.80 Å². The normalized spacial score (nSPS) is 22.9. The van der Waals surface area contributed by atoms with E-state index >= 15 is 0 Å².